The van der Waals surface area contributed by atoms with Crippen molar-refractivity contribution in [3.63, 3.8) is 0 Å². The van der Waals surface area contributed by atoms with Crippen LogP contribution < -0.4 is 5.01 Å². The summed E-state index contributed by atoms with van der Waals surface area (Å²) in [5, 5.41) is 26.4. The number of hydrogen-bond donors (Lipinski definition) is 0. The highest BCUT2D eigenvalue weighted by Gasteiger charge is 2.28. The lowest BCUT2D eigenvalue weighted by atomic mass is 9.79. The second-order valence-corrected chi connectivity index (χ2v) is 7.50. The maximum absolute atomic E-state index is 9.67. The predicted octanol–water partition coefficient (Wildman–Crippen LogP) is 6.44. The van der Waals surface area contributed by atoms with E-state index in [0.717, 1.165) is 39.3 Å². The molecule has 0 amide bonds. The lowest BCUT2D eigenvalue weighted by Gasteiger charge is -2.27. The van der Waals surface area contributed by atoms with E-state index in [-0.39, 0.29) is 5.57 Å². The van der Waals surface area contributed by atoms with Crippen molar-refractivity contribution in [3.8, 4) is 12.1 Å². The Kier molecular flexibility index (Phi) is 5.25. The van der Waals surface area contributed by atoms with E-state index < -0.39 is 0 Å². The zero-order chi connectivity index (χ0) is 22.6. The molecule has 0 aliphatic heterocycles. The molecule has 154 valence electrons. The van der Waals surface area contributed by atoms with Crippen molar-refractivity contribution < 1.29 is 0 Å². The largest absolute Gasteiger partial charge is 0.233 e. The number of fused-ring (bicyclic) bond motifs is 2. The van der Waals surface area contributed by atoms with Gasteiger partial charge in [0, 0.05) is 16.7 Å². The molecule has 0 unspecified atom stereocenters. The standard InChI is InChI=1S/C29H18N4/c30-19-21(20-31)28-24-15-7-9-17-26(24)29(27-18-10-8-16-25(27)28)32-33(22-11-3-1-4-12-22)23-13-5-2-6-14-23/h1-18H. The lowest BCUT2D eigenvalue weighted by molar-refractivity contribution is 1.08. The molecule has 5 rings (SSSR count). The normalized spacial score (nSPS) is 11.5. The third-order valence-corrected chi connectivity index (χ3v) is 5.58. The number of nitrogens with zero attached hydrogens (tertiary/aromatic N) is 4. The van der Waals surface area contributed by atoms with Crippen LogP contribution in [0.15, 0.2) is 120 Å². The van der Waals surface area contributed by atoms with Gasteiger partial charge in [0.1, 0.15) is 17.7 Å². The predicted molar refractivity (Wildman–Crippen MR) is 131 cm³/mol. The molecule has 0 bridgehead atoms. The number of allylic oxidation sites excluding steroid dienone is 1. The van der Waals surface area contributed by atoms with Crippen LogP contribution in [0.4, 0.5) is 11.4 Å². The average Bonchev–Trinajstić information content (AvgIpc) is 2.89. The van der Waals surface area contributed by atoms with Crippen molar-refractivity contribution in [3.05, 3.63) is 137 Å². The first-order valence-corrected chi connectivity index (χ1v) is 10.5. The molecule has 0 saturated heterocycles. The number of hydrazone groups is 1. The summed E-state index contributed by atoms with van der Waals surface area (Å²) < 4.78 is 0. The molecular weight excluding hydrogens is 404 g/mol. The second-order valence-electron chi connectivity index (χ2n) is 7.50. The molecule has 1 aliphatic rings. The molecule has 4 heteroatoms. The van der Waals surface area contributed by atoms with E-state index in [0.29, 0.717) is 5.57 Å². The molecule has 0 N–H and O–H groups in total. The quantitative estimate of drug-likeness (QED) is 0.248. The minimum atomic E-state index is 0.0944. The van der Waals surface area contributed by atoms with E-state index in [4.69, 9.17) is 5.10 Å². The summed E-state index contributed by atoms with van der Waals surface area (Å²) in [7, 11) is 0. The topological polar surface area (TPSA) is 63.2 Å². The summed E-state index contributed by atoms with van der Waals surface area (Å²) in [6.07, 6.45) is 0. The molecule has 4 aromatic rings. The molecule has 0 atom stereocenters. The number of benzene rings is 4. The molecule has 4 nitrogen and oxygen atoms in total. The van der Waals surface area contributed by atoms with Crippen LogP contribution >= 0.6 is 0 Å². The molecule has 0 heterocycles. The van der Waals surface area contributed by atoms with Crippen LogP contribution in [0.3, 0.4) is 0 Å². The van der Waals surface area contributed by atoms with Crippen LogP contribution in [0.25, 0.3) is 5.57 Å². The Labute approximate surface area is 192 Å². The summed E-state index contributed by atoms with van der Waals surface area (Å²) >= 11 is 0. The van der Waals surface area contributed by atoms with Crippen LogP contribution in [0.1, 0.15) is 22.3 Å². The van der Waals surface area contributed by atoms with Crippen molar-refractivity contribution in [2.24, 2.45) is 5.10 Å². The Morgan fingerprint density at radius 2 is 0.939 bits per heavy atom. The van der Waals surface area contributed by atoms with E-state index >= 15 is 0 Å². The summed E-state index contributed by atoms with van der Waals surface area (Å²) in [6, 6.07) is 39.8. The van der Waals surface area contributed by atoms with Gasteiger partial charge in [0.2, 0.25) is 0 Å². The van der Waals surface area contributed by atoms with Crippen LogP contribution in [-0.2, 0) is 0 Å². The zero-order valence-corrected chi connectivity index (χ0v) is 17.7. The fourth-order valence-corrected chi connectivity index (χ4v) is 4.12. The minimum Gasteiger partial charge on any atom is -0.233 e. The maximum Gasteiger partial charge on any atom is 0.138 e. The van der Waals surface area contributed by atoms with Crippen molar-refractivity contribution in [2.45, 2.75) is 0 Å². The summed E-state index contributed by atoms with van der Waals surface area (Å²) in [4.78, 5) is 0. The maximum atomic E-state index is 9.67. The van der Waals surface area contributed by atoms with Crippen LogP contribution in [0, 0.1) is 22.7 Å². The number of para-hydroxylation sites is 2. The first-order chi connectivity index (χ1) is 16.3. The van der Waals surface area contributed by atoms with Gasteiger partial charge >= 0.3 is 0 Å². The van der Waals surface area contributed by atoms with E-state index in [1.165, 1.54) is 0 Å². The summed E-state index contributed by atoms with van der Waals surface area (Å²) in [6.45, 7) is 0. The second kappa shape index (κ2) is 8.67. The molecule has 0 fully saturated rings. The minimum absolute atomic E-state index is 0.0944. The molecule has 33 heavy (non-hydrogen) atoms. The van der Waals surface area contributed by atoms with Gasteiger partial charge in [-0.15, -0.1) is 0 Å². The van der Waals surface area contributed by atoms with E-state index in [1.807, 2.05) is 114 Å². The highest BCUT2D eigenvalue weighted by atomic mass is 15.5. The first-order valence-electron chi connectivity index (χ1n) is 10.5. The van der Waals surface area contributed by atoms with Gasteiger partial charge in [-0.25, -0.2) is 5.01 Å². The van der Waals surface area contributed by atoms with Gasteiger partial charge in [0.05, 0.1) is 17.1 Å². The smallest absolute Gasteiger partial charge is 0.138 e. The van der Waals surface area contributed by atoms with Crippen molar-refractivity contribution in [1.29, 1.82) is 10.5 Å². The third-order valence-electron chi connectivity index (χ3n) is 5.58. The SMILES string of the molecule is N#CC(C#N)=C1c2ccccc2C(=NN(c2ccccc2)c2ccccc2)c2ccccc21. The zero-order valence-electron chi connectivity index (χ0n) is 17.7. The van der Waals surface area contributed by atoms with E-state index in [2.05, 4.69) is 12.1 Å². The molecule has 0 radical (unpaired) electrons. The highest BCUT2D eigenvalue weighted by Crippen LogP contribution is 2.39. The fraction of sp³-hybridized carbons (Fsp3) is 0. The molecule has 0 saturated carbocycles. The highest BCUT2D eigenvalue weighted by molar-refractivity contribution is 6.22. The summed E-state index contributed by atoms with van der Waals surface area (Å²) in [5.41, 5.74) is 6.81. The Morgan fingerprint density at radius 1 is 0.545 bits per heavy atom. The van der Waals surface area contributed by atoms with Crippen molar-refractivity contribution >= 4 is 22.7 Å². The molecule has 1 aliphatic carbocycles. The van der Waals surface area contributed by atoms with Crippen LogP contribution in [0.5, 0.6) is 0 Å². The number of nitriles is 2. The molecule has 4 aromatic carbocycles. The molecule has 0 spiro atoms. The average molecular weight is 422 g/mol. The Balaban J connectivity index is 1.82. The summed E-state index contributed by atoms with van der Waals surface area (Å²) in [5.74, 6) is 0. The van der Waals surface area contributed by atoms with Gasteiger partial charge in [-0.05, 0) is 35.4 Å². The van der Waals surface area contributed by atoms with Crippen LogP contribution in [-0.4, -0.2) is 5.71 Å². The van der Waals surface area contributed by atoms with Gasteiger partial charge in [-0.1, -0.05) is 84.9 Å². The van der Waals surface area contributed by atoms with Crippen LogP contribution in [0.2, 0.25) is 0 Å². The molecule has 0 aromatic heterocycles. The number of hydrogen-bond acceptors (Lipinski definition) is 4. The van der Waals surface area contributed by atoms with Gasteiger partial charge in [-0.3, -0.25) is 0 Å². The van der Waals surface area contributed by atoms with Crippen molar-refractivity contribution in [1.82, 2.24) is 0 Å². The fourth-order valence-electron chi connectivity index (χ4n) is 4.12. The lowest BCUT2D eigenvalue weighted by Crippen LogP contribution is -2.21. The Morgan fingerprint density at radius 3 is 1.36 bits per heavy atom. The van der Waals surface area contributed by atoms with E-state index in [9.17, 15) is 10.5 Å². The number of anilines is 2. The monoisotopic (exact) mass is 422 g/mol. The third kappa shape index (κ3) is 3.57. The molecular formula is C29H18N4. The number of rotatable bonds is 3. The Hall–Kier alpha value is -4.93. The van der Waals surface area contributed by atoms with Gasteiger partial charge in [0.15, 0.2) is 0 Å². The van der Waals surface area contributed by atoms with Crippen molar-refractivity contribution in [2.75, 3.05) is 5.01 Å². The van der Waals surface area contributed by atoms with Gasteiger partial charge in [0.25, 0.3) is 0 Å². The van der Waals surface area contributed by atoms with Gasteiger partial charge < -0.3 is 0 Å². The Bertz CT molecular complexity index is 1360. The first kappa shape index (κ1) is 20.0. The van der Waals surface area contributed by atoms with E-state index in [1.54, 1.807) is 0 Å². The van der Waals surface area contributed by atoms with Gasteiger partial charge in [-0.2, -0.15) is 15.6 Å².